The van der Waals surface area contributed by atoms with Crippen LogP contribution in [0.3, 0.4) is 0 Å². The molecular weight excluding hydrogens is 688 g/mol. The SMILES string of the molecule is CC(C)CC(=O)OC[C@H]1O[C@@](COC(=O)CC(C)C)(O[C@H]2O[C@H](CO)[C@@H](O)[C@H](O)[C@H]2OC(=O)CC(C)C)[C@@H](OC(=O)CC(C)C)[C@@H]1OC(=O)C(C)C. The van der Waals surface area contributed by atoms with Gasteiger partial charge in [-0.2, -0.15) is 0 Å². The highest BCUT2D eigenvalue weighted by Crippen LogP contribution is 2.41. The summed E-state index contributed by atoms with van der Waals surface area (Å²) in [6.45, 7) is 15.2. The van der Waals surface area contributed by atoms with Gasteiger partial charge >= 0.3 is 29.8 Å². The molecule has 3 N–H and O–H groups in total. The van der Waals surface area contributed by atoms with Crippen molar-refractivity contribution in [3.8, 4) is 0 Å². The Kier molecular flexibility index (Phi) is 17.9. The van der Waals surface area contributed by atoms with E-state index < -0.39 is 110 Å². The van der Waals surface area contributed by atoms with E-state index in [2.05, 4.69) is 0 Å². The van der Waals surface area contributed by atoms with Crippen LogP contribution in [0, 0.1) is 29.6 Å². The van der Waals surface area contributed by atoms with Crippen molar-refractivity contribution in [3.63, 3.8) is 0 Å². The first-order chi connectivity index (χ1) is 24.2. The predicted molar refractivity (Wildman–Crippen MR) is 181 cm³/mol. The van der Waals surface area contributed by atoms with Crippen LogP contribution in [0.2, 0.25) is 0 Å². The summed E-state index contributed by atoms with van der Waals surface area (Å²) >= 11 is 0. The maximum absolute atomic E-state index is 13.4. The molecule has 0 radical (unpaired) electrons. The molecule has 0 aromatic heterocycles. The van der Waals surface area contributed by atoms with Crippen molar-refractivity contribution in [1.29, 1.82) is 0 Å². The van der Waals surface area contributed by atoms with E-state index >= 15 is 0 Å². The van der Waals surface area contributed by atoms with Crippen molar-refractivity contribution < 1.29 is 77.2 Å². The number of aliphatic hydroxyl groups excluding tert-OH is 3. The van der Waals surface area contributed by atoms with Crippen molar-refractivity contribution in [2.45, 2.75) is 150 Å². The Balaban J connectivity index is 2.78. The predicted octanol–water partition coefficient (Wildman–Crippen LogP) is 2.20. The molecule has 16 heteroatoms. The normalized spacial score (nSPS) is 29.1. The monoisotopic (exact) mass is 748 g/mol. The van der Waals surface area contributed by atoms with Gasteiger partial charge in [0.2, 0.25) is 12.1 Å². The Hall–Kier alpha value is -2.89. The van der Waals surface area contributed by atoms with Gasteiger partial charge in [-0.3, -0.25) is 24.0 Å². The van der Waals surface area contributed by atoms with E-state index in [4.69, 9.17) is 37.9 Å². The summed E-state index contributed by atoms with van der Waals surface area (Å²) < 4.78 is 47.0. The van der Waals surface area contributed by atoms with Crippen molar-refractivity contribution in [2.75, 3.05) is 19.8 Å². The van der Waals surface area contributed by atoms with Crippen LogP contribution in [-0.2, 0) is 61.9 Å². The molecule has 2 heterocycles. The van der Waals surface area contributed by atoms with Gasteiger partial charge in [-0.25, -0.2) is 0 Å². The second kappa shape index (κ2) is 20.5. The third-order valence-electron chi connectivity index (χ3n) is 7.98. The quantitative estimate of drug-likeness (QED) is 0.127. The zero-order valence-electron chi connectivity index (χ0n) is 32.1. The largest absolute Gasteiger partial charge is 0.463 e. The number of hydrogen-bond donors (Lipinski definition) is 3. The van der Waals surface area contributed by atoms with Crippen molar-refractivity contribution in [3.05, 3.63) is 0 Å². The topological polar surface area (TPSA) is 220 Å². The molecule has 2 fully saturated rings. The van der Waals surface area contributed by atoms with E-state index in [0.29, 0.717) is 0 Å². The fraction of sp³-hybridized carbons (Fsp3) is 0.861. The smallest absolute Gasteiger partial charge is 0.308 e. The van der Waals surface area contributed by atoms with E-state index in [1.165, 1.54) is 0 Å². The molecular formula is C36H60O16. The first kappa shape index (κ1) is 45.3. The molecule has 16 nitrogen and oxygen atoms in total. The van der Waals surface area contributed by atoms with Crippen LogP contribution in [0.15, 0.2) is 0 Å². The highest BCUT2D eigenvalue weighted by atomic mass is 16.8. The summed E-state index contributed by atoms with van der Waals surface area (Å²) in [4.78, 5) is 65.0. The van der Waals surface area contributed by atoms with Crippen LogP contribution in [0.5, 0.6) is 0 Å². The minimum atomic E-state index is -2.42. The zero-order valence-corrected chi connectivity index (χ0v) is 32.1. The second-order valence-corrected chi connectivity index (χ2v) is 15.4. The molecule has 2 rings (SSSR count). The van der Waals surface area contributed by atoms with Gasteiger partial charge in [0.15, 0.2) is 18.3 Å². The molecule has 0 aromatic rings. The maximum atomic E-state index is 13.4. The first-order valence-corrected chi connectivity index (χ1v) is 18.1. The second-order valence-electron chi connectivity index (χ2n) is 15.4. The molecule has 2 aliphatic heterocycles. The first-order valence-electron chi connectivity index (χ1n) is 18.1. The molecule has 52 heavy (non-hydrogen) atoms. The van der Waals surface area contributed by atoms with Crippen LogP contribution in [0.1, 0.15) is 94.9 Å². The third-order valence-corrected chi connectivity index (χ3v) is 7.98. The lowest BCUT2D eigenvalue weighted by molar-refractivity contribution is -0.384. The molecule has 0 saturated carbocycles. The van der Waals surface area contributed by atoms with Crippen molar-refractivity contribution in [1.82, 2.24) is 0 Å². The summed E-state index contributed by atoms with van der Waals surface area (Å²) in [7, 11) is 0. The summed E-state index contributed by atoms with van der Waals surface area (Å²) in [6.07, 6.45) is -13.5. The summed E-state index contributed by atoms with van der Waals surface area (Å²) in [6, 6.07) is 0. The van der Waals surface area contributed by atoms with Gasteiger partial charge < -0.3 is 53.2 Å². The van der Waals surface area contributed by atoms with Gasteiger partial charge in [0, 0.05) is 25.7 Å². The molecule has 0 spiro atoms. The number of rotatable bonds is 19. The summed E-state index contributed by atoms with van der Waals surface area (Å²) in [5, 5.41) is 31.9. The lowest BCUT2D eigenvalue weighted by Crippen LogP contribution is -2.64. The molecule has 9 atom stereocenters. The van der Waals surface area contributed by atoms with E-state index in [1.807, 2.05) is 13.8 Å². The van der Waals surface area contributed by atoms with Gasteiger partial charge in [0.05, 0.1) is 12.5 Å². The van der Waals surface area contributed by atoms with Gasteiger partial charge in [-0.15, -0.1) is 0 Å². The van der Waals surface area contributed by atoms with Gasteiger partial charge in [-0.1, -0.05) is 69.2 Å². The molecule has 0 bridgehead atoms. The molecule has 0 aromatic carbocycles. The van der Waals surface area contributed by atoms with E-state index in [-0.39, 0.29) is 49.4 Å². The van der Waals surface area contributed by atoms with Crippen molar-refractivity contribution in [2.24, 2.45) is 29.6 Å². The van der Waals surface area contributed by atoms with Crippen LogP contribution < -0.4 is 0 Å². The maximum Gasteiger partial charge on any atom is 0.308 e. The lowest BCUT2D eigenvalue weighted by Gasteiger charge is -2.45. The zero-order chi connectivity index (χ0) is 39.5. The highest BCUT2D eigenvalue weighted by Gasteiger charge is 2.64. The van der Waals surface area contributed by atoms with E-state index in [0.717, 1.165) is 0 Å². The summed E-state index contributed by atoms with van der Waals surface area (Å²) in [5.41, 5.74) is 0. The Bertz CT molecular complexity index is 1180. The third kappa shape index (κ3) is 13.5. The Morgan fingerprint density at radius 2 is 1.13 bits per heavy atom. The number of ether oxygens (including phenoxy) is 8. The average molecular weight is 749 g/mol. The number of carbonyl (C=O) groups is 5. The fourth-order valence-corrected chi connectivity index (χ4v) is 5.44. The average Bonchev–Trinajstić information content (AvgIpc) is 3.28. The van der Waals surface area contributed by atoms with Crippen molar-refractivity contribution >= 4 is 29.8 Å². The minimum absolute atomic E-state index is 0.0389. The standard InChI is InChI=1S/C36H60O16/c1-18(2)11-25(38)45-16-24-31(50-34(44)22(9)10)33(49-28(41)14-21(7)8)36(51-24,17-46-26(39)12-19(3)4)52-35-32(48-27(40)13-20(5)6)30(43)29(42)23(15-37)47-35/h18-24,29-33,35,37,42-43H,11-17H2,1-10H3/t23-,24-,29-,30+,31-,32-,33+,35-,36+/m1/s1. The highest BCUT2D eigenvalue weighted by molar-refractivity contribution is 5.73. The molecule has 0 amide bonds. The number of aliphatic hydroxyl groups is 3. The Labute approximate surface area is 306 Å². The van der Waals surface area contributed by atoms with Gasteiger partial charge in [-0.05, 0) is 23.7 Å². The molecule has 300 valence electrons. The van der Waals surface area contributed by atoms with E-state index in [9.17, 15) is 39.3 Å². The van der Waals surface area contributed by atoms with Crippen LogP contribution >= 0.6 is 0 Å². The molecule has 0 unspecified atom stereocenters. The van der Waals surface area contributed by atoms with Gasteiger partial charge in [0.1, 0.15) is 37.6 Å². The van der Waals surface area contributed by atoms with Crippen LogP contribution in [0.25, 0.3) is 0 Å². The van der Waals surface area contributed by atoms with Crippen LogP contribution in [0.4, 0.5) is 0 Å². The Morgan fingerprint density at radius 1 is 0.635 bits per heavy atom. The number of carbonyl (C=O) groups excluding carboxylic acids is 5. The minimum Gasteiger partial charge on any atom is -0.463 e. The number of hydrogen-bond acceptors (Lipinski definition) is 16. The molecule has 2 aliphatic rings. The molecule has 2 saturated heterocycles. The lowest BCUT2D eigenvalue weighted by atomic mass is 9.98. The van der Waals surface area contributed by atoms with Gasteiger partial charge in [0.25, 0.3) is 0 Å². The van der Waals surface area contributed by atoms with E-state index in [1.54, 1.807) is 55.4 Å². The number of esters is 5. The summed E-state index contributed by atoms with van der Waals surface area (Å²) in [5.74, 6) is -7.23. The Morgan fingerprint density at radius 3 is 1.63 bits per heavy atom. The fourth-order valence-electron chi connectivity index (χ4n) is 5.44. The van der Waals surface area contributed by atoms with Crippen LogP contribution in [-0.4, -0.2) is 120 Å². The molecule has 0 aliphatic carbocycles.